The molecule has 0 N–H and O–H groups in total. The van der Waals surface area contributed by atoms with E-state index in [1.54, 1.807) is 19.3 Å². The van der Waals surface area contributed by atoms with Crippen molar-refractivity contribution in [3.05, 3.63) is 23.9 Å². The second kappa shape index (κ2) is 5.77. The maximum Gasteiger partial charge on any atom is 0.211 e. The van der Waals surface area contributed by atoms with Crippen LogP contribution in [-0.2, 0) is 10.0 Å². The Morgan fingerprint density at radius 3 is 2.50 bits per heavy atom. The number of piperidine rings is 1. The van der Waals surface area contributed by atoms with E-state index in [1.807, 2.05) is 12.1 Å². The molecule has 0 bridgehead atoms. The summed E-state index contributed by atoms with van der Waals surface area (Å²) in [4.78, 5) is 6.38. The molecule has 20 heavy (non-hydrogen) atoms. The highest BCUT2D eigenvalue weighted by atomic mass is 32.2. The Bertz CT molecular complexity index is 598. The van der Waals surface area contributed by atoms with Gasteiger partial charge >= 0.3 is 0 Å². The van der Waals surface area contributed by atoms with Crippen LogP contribution in [0.5, 0.6) is 0 Å². The van der Waals surface area contributed by atoms with Crippen LogP contribution in [0.3, 0.4) is 0 Å². The third-order valence-corrected chi connectivity index (χ3v) is 5.05. The van der Waals surface area contributed by atoms with Gasteiger partial charge in [0.25, 0.3) is 0 Å². The first kappa shape index (κ1) is 14.8. The summed E-state index contributed by atoms with van der Waals surface area (Å²) >= 11 is 0. The lowest BCUT2D eigenvalue weighted by atomic mass is 10.1. The van der Waals surface area contributed by atoms with Crippen molar-refractivity contribution in [3.63, 3.8) is 0 Å². The van der Waals surface area contributed by atoms with E-state index in [2.05, 4.69) is 9.88 Å². The zero-order valence-electron chi connectivity index (χ0n) is 11.7. The van der Waals surface area contributed by atoms with E-state index < -0.39 is 10.0 Å². The van der Waals surface area contributed by atoms with Crippen LogP contribution in [0.1, 0.15) is 18.4 Å². The van der Waals surface area contributed by atoms with Gasteiger partial charge in [0.15, 0.2) is 0 Å². The van der Waals surface area contributed by atoms with Gasteiger partial charge in [0.05, 0.1) is 11.8 Å². The van der Waals surface area contributed by atoms with Crippen molar-refractivity contribution < 1.29 is 8.42 Å². The Morgan fingerprint density at radius 1 is 1.40 bits per heavy atom. The summed E-state index contributed by atoms with van der Waals surface area (Å²) in [6, 6.07) is 5.68. The maximum absolute atomic E-state index is 11.5. The van der Waals surface area contributed by atoms with Crippen LogP contribution < -0.4 is 4.90 Å². The molecule has 2 heterocycles. The molecule has 0 unspecified atom stereocenters. The Labute approximate surface area is 119 Å². The van der Waals surface area contributed by atoms with Crippen molar-refractivity contribution in [2.24, 2.45) is 0 Å². The van der Waals surface area contributed by atoms with Crippen LogP contribution >= 0.6 is 0 Å². The Balaban J connectivity index is 1.99. The van der Waals surface area contributed by atoms with E-state index in [0.29, 0.717) is 5.56 Å². The molecule has 7 heteroatoms. The number of hydrogen-bond donors (Lipinski definition) is 0. The Kier molecular flexibility index (Phi) is 4.26. The topological polar surface area (TPSA) is 77.3 Å². The van der Waals surface area contributed by atoms with Gasteiger partial charge in [-0.2, -0.15) is 5.26 Å². The first-order valence-electron chi connectivity index (χ1n) is 6.46. The predicted molar refractivity (Wildman–Crippen MR) is 76.8 cm³/mol. The zero-order chi connectivity index (χ0) is 14.8. The number of nitriles is 1. The van der Waals surface area contributed by atoms with Gasteiger partial charge in [0.1, 0.15) is 11.9 Å². The fraction of sp³-hybridized carbons (Fsp3) is 0.538. The fourth-order valence-corrected chi connectivity index (χ4v) is 3.12. The molecule has 0 saturated carbocycles. The zero-order valence-corrected chi connectivity index (χ0v) is 12.5. The molecule has 0 spiro atoms. The van der Waals surface area contributed by atoms with Crippen molar-refractivity contribution >= 4 is 15.8 Å². The molecule has 0 atom stereocenters. The normalized spacial score (nSPS) is 17.2. The molecule has 0 aromatic carbocycles. The van der Waals surface area contributed by atoms with Crippen molar-refractivity contribution in [3.8, 4) is 6.07 Å². The molecule has 1 fully saturated rings. The predicted octanol–water partition coefficient (Wildman–Crippen LogP) is 0.813. The molecule has 1 aliphatic rings. The third-order valence-electron chi connectivity index (χ3n) is 3.70. The number of nitrogens with zero attached hydrogens (tertiary/aromatic N) is 4. The van der Waals surface area contributed by atoms with Gasteiger partial charge in [-0.25, -0.2) is 17.7 Å². The summed E-state index contributed by atoms with van der Waals surface area (Å²) in [5.74, 6) is 0.837. The molecular formula is C13H18N4O2S. The molecule has 108 valence electrons. The van der Waals surface area contributed by atoms with Crippen molar-refractivity contribution in [2.45, 2.75) is 18.9 Å². The van der Waals surface area contributed by atoms with Gasteiger partial charge in [-0.1, -0.05) is 0 Å². The monoisotopic (exact) mass is 294 g/mol. The fourth-order valence-electron chi connectivity index (χ4n) is 2.37. The van der Waals surface area contributed by atoms with Crippen LogP contribution in [0.4, 0.5) is 5.82 Å². The highest BCUT2D eigenvalue weighted by Crippen LogP contribution is 2.21. The van der Waals surface area contributed by atoms with Crippen molar-refractivity contribution in [1.29, 1.82) is 5.26 Å². The van der Waals surface area contributed by atoms with E-state index in [0.717, 1.165) is 31.7 Å². The summed E-state index contributed by atoms with van der Waals surface area (Å²) in [6.07, 6.45) is 4.36. The first-order chi connectivity index (χ1) is 9.41. The molecule has 1 aromatic rings. The summed E-state index contributed by atoms with van der Waals surface area (Å²) in [5.41, 5.74) is 0.542. The Morgan fingerprint density at radius 2 is 2.05 bits per heavy atom. The standard InChI is InChI=1S/C13H18N4O2S/c1-16(20(2,18)19)12-5-7-17(8-6-12)13-4-3-11(9-14)10-15-13/h3-4,10,12H,5-8H2,1-2H3. The minimum Gasteiger partial charge on any atom is -0.357 e. The number of anilines is 1. The van der Waals surface area contributed by atoms with Crippen molar-refractivity contribution in [1.82, 2.24) is 9.29 Å². The van der Waals surface area contributed by atoms with Gasteiger partial charge in [0, 0.05) is 32.4 Å². The van der Waals surface area contributed by atoms with E-state index in [9.17, 15) is 8.42 Å². The van der Waals surface area contributed by atoms with Gasteiger partial charge in [0.2, 0.25) is 10.0 Å². The highest BCUT2D eigenvalue weighted by molar-refractivity contribution is 7.88. The molecule has 2 rings (SSSR count). The number of rotatable bonds is 3. The average Bonchev–Trinajstić information content (AvgIpc) is 2.46. The van der Waals surface area contributed by atoms with Gasteiger partial charge in [-0.15, -0.1) is 0 Å². The van der Waals surface area contributed by atoms with Gasteiger partial charge in [-0.05, 0) is 25.0 Å². The minimum absolute atomic E-state index is 0.0552. The van der Waals surface area contributed by atoms with Crippen LogP contribution in [-0.4, -0.2) is 50.1 Å². The Hall–Kier alpha value is -1.65. The molecule has 0 aliphatic carbocycles. The molecule has 1 aromatic heterocycles. The van der Waals surface area contributed by atoms with E-state index in [1.165, 1.54) is 10.6 Å². The quantitative estimate of drug-likeness (QED) is 0.824. The summed E-state index contributed by atoms with van der Waals surface area (Å²) < 4.78 is 24.5. The summed E-state index contributed by atoms with van der Waals surface area (Å²) in [6.45, 7) is 1.53. The van der Waals surface area contributed by atoms with Crippen LogP contribution in [0.25, 0.3) is 0 Å². The molecule has 6 nitrogen and oxygen atoms in total. The largest absolute Gasteiger partial charge is 0.357 e. The number of aromatic nitrogens is 1. The second-order valence-electron chi connectivity index (χ2n) is 5.01. The molecular weight excluding hydrogens is 276 g/mol. The molecule has 1 aliphatic heterocycles. The molecule has 1 saturated heterocycles. The molecule has 0 radical (unpaired) electrons. The highest BCUT2D eigenvalue weighted by Gasteiger charge is 2.27. The lowest BCUT2D eigenvalue weighted by Crippen LogP contribution is -2.45. The van der Waals surface area contributed by atoms with E-state index >= 15 is 0 Å². The van der Waals surface area contributed by atoms with Crippen LogP contribution in [0.2, 0.25) is 0 Å². The van der Waals surface area contributed by atoms with Gasteiger partial charge < -0.3 is 4.90 Å². The minimum atomic E-state index is -3.13. The van der Waals surface area contributed by atoms with Crippen LogP contribution in [0, 0.1) is 11.3 Å². The molecule has 0 amide bonds. The third kappa shape index (κ3) is 3.26. The van der Waals surface area contributed by atoms with Crippen molar-refractivity contribution in [2.75, 3.05) is 31.3 Å². The van der Waals surface area contributed by atoms with E-state index in [4.69, 9.17) is 5.26 Å². The lowest BCUT2D eigenvalue weighted by molar-refractivity contribution is 0.313. The number of hydrogen-bond acceptors (Lipinski definition) is 5. The summed E-state index contributed by atoms with van der Waals surface area (Å²) in [5, 5.41) is 8.74. The SMILES string of the molecule is CN(C1CCN(c2ccc(C#N)cn2)CC1)S(C)(=O)=O. The number of sulfonamides is 1. The maximum atomic E-state index is 11.5. The van der Waals surface area contributed by atoms with Gasteiger partial charge in [-0.3, -0.25) is 0 Å². The first-order valence-corrected chi connectivity index (χ1v) is 8.31. The van der Waals surface area contributed by atoms with E-state index in [-0.39, 0.29) is 6.04 Å². The smallest absolute Gasteiger partial charge is 0.211 e. The lowest BCUT2D eigenvalue weighted by Gasteiger charge is -2.36. The second-order valence-corrected chi connectivity index (χ2v) is 7.06. The summed E-state index contributed by atoms with van der Waals surface area (Å²) in [7, 11) is -1.50. The van der Waals surface area contributed by atoms with Crippen LogP contribution in [0.15, 0.2) is 18.3 Å². The number of pyridine rings is 1. The average molecular weight is 294 g/mol.